The fourth-order valence-electron chi connectivity index (χ4n) is 2.72. The van der Waals surface area contributed by atoms with Gasteiger partial charge in [-0.3, -0.25) is 4.79 Å². The Morgan fingerprint density at radius 2 is 2.05 bits per heavy atom. The maximum atomic E-state index is 11.3. The van der Waals surface area contributed by atoms with Crippen LogP contribution in [0.1, 0.15) is 31.2 Å². The van der Waals surface area contributed by atoms with Crippen molar-refractivity contribution in [3.63, 3.8) is 0 Å². The van der Waals surface area contributed by atoms with Crippen molar-refractivity contribution in [2.45, 2.75) is 44.2 Å². The van der Waals surface area contributed by atoms with Gasteiger partial charge in [0.1, 0.15) is 0 Å². The number of carbonyl (C=O) groups is 1. The van der Waals surface area contributed by atoms with Gasteiger partial charge in [0.2, 0.25) is 5.91 Å². The Balaban J connectivity index is 1.88. The predicted molar refractivity (Wildman–Crippen MR) is 80.9 cm³/mol. The Morgan fingerprint density at radius 3 is 2.70 bits per heavy atom. The van der Waals surface area contributed by atoms with Crippen LogP contribution >= 0.6 is 0 Å². The molecule has 1 fully saturated rings. The van der Waals surface area contributed by atoms with Gasteiger partial charge in [-0.1, -0.05) is 12.1 Å². The molecule has 0 bridgehead atoms. The summed E-state index contributed by atoms with van der Waals surface area (Å²) in [6.07, 6.45) is 5.46. The lowest BCUT2D eigenvalue weighted by atomic mass is 9.92. The van der Waals surface area contributed by atoms with Crippen LogP contribution in [-0.4, -0.2) is 32.2 Å². The van der Waals surface area contributed by atoms with Crippen molar-refractivity contribution in [2.75, 3.05) is 19.5 Å². The highest BCUT2D eigenvalue weighted by Gasteiger charge is 2.21. The predicted octanol–water partition coefficient (Wildman–Crippen LogP) is 2.34. The molecule has 2 unspecified atom stereocenters. The van der Waals surface area contributed by atoms with Crippen LogP contribution in [0.3, 0.4) is 0 Å². The largest absolute Gasteiger partial charge is 0.382 e. The Bertz CT molecular complexity index is 431. The van der Waals surface area contributed by atoms with Gasteiger partial charge in [0, 0.05) is 25.9 Å². The molecule has 2 N–H and O–H groups in total. The maximum absolute atomic E-state index is 11.3. The molecular formula is C16H24N2O2. The molecule has 0 aliphatic heterocycles. The molecule has 0 aromatic heterocycles. The number of amides is 1. The Kier molecular flexibility index (Phi) is 5.41. The van der Waals surface area contributed by atoms with E-state index in [1.165, 1.54) is 19.3 Å². The first-order chi connectivity index (χ1) is 9.71. The normalized spacial score (nSPS) is 22.3. The van der Waals surface area contributed by atoms with Crippen LogP contribution in [0.4, 0.5) is 5.69 Å². The molecular weight excluding hydrogens is 252 g/mol. The molecule has 1 aromatic rings. The van der Waals surface area contributed by atoms with E-state index in [2.05, 4.69) is 22.8 Å². The molecule has 0 radical (unpaired) electrons. The van der Waals surface area contributed by atoms with Gasteiger partial charge in [0.25, 0.3) is 0 Å². The van der Waals surface area contributed by atoms with Gasteiger partial charge >= 0.3 is 0 Å². The second-order valence-electron chi connectivity index (χ2n) is 5.41. The minimum Gasteiger partial charge on any atom is -0.382 e. The average Bonchev–Trinajstić information content (AvgIpc) is 2.49. The SMILES string of the molecule is CNC(=O)Cc1ccc(NC2CCCC(OC)C2)cc1. The molecule has 0 saturated heterocycles. The molecule has 1 amide bonds. The van der Waals surface area contributed by atoms with Gasteiger partial charge in [0.05, 0.1) is 12.5 Å². The zero-order valence-electron chi connectivity index (χ0n) is 12.3. The first-order valence-electron chi connectivity index (χ1n) is 7.30. The van der Waals surface area contributed by atoms with Crippen molar-refractivity contribution in [1.29, 1.82) is 0 Å². The third-order valence-corrected chi connectivity index (χ3v) is 3.93. The number of carbonyl (C=O) groups excluding carboxylic acids is 1. The second kappa shape index (κ2) is 7.29. The number of nitrogens with one attached hydrogen (secondary N) is 2. The summed E-state index contributed by atoms with van der Waals surface area (Å²) < 4.78 is 5.45. The smallest absolute Gasteiger partial charge is 0.224 e. The van der Waals surface area contributed by atoms with Gasteiger partial charge in [0.15, 0.2) is 0 Å². The molecule has 0 heterocycles. The Morgan fingerprint density at radius 1 is 1.30 bits per heavy atom. The zero-order valence-corrected chi connectivity index (χ0v) is 12.3. The van der Waals surface area contributed by atoms with Crippen molar-refractivity contribution < 1.29 is 9.53 Å². The number of methoxy groups -OCH3 is 1. The van der Waals surface area contributed by atoms with Gasteiger partial charge in [-0.2, -0.15) is 0 Å². The summed E-state index contributed by atoms with van der Waals surface area (Å²) in [7, 11) is 3.45. The number of anilines is 1. The molecule has 1 aliphatic rings. The van der Waals surface area contributed by atoms with E-state index < -0.39 is 0 Å². The number of ether oxygens (including phenoxy) is 1. The van der Waals surface area contributed by atoms with Gasteiger partial charge < -0.3 is 15.4 Å². The second-order valence-corrected chi connectivity index (χ2v) is 5.41. The third-order valence-electron chi connectivity index (χ3n) is 3.93. The van der Waals surface area contributed by atoms with E-state index in [9.17, 15) is 4.79 Å². The Labute approximate surface area is 120 Å². The van der Waals surface area contributed by atoms with E-state index in [0.29, 0.717) is 18.6 Å². The van der Waals surface area contributed by atoms with Crippen LogP contribution in [0.15, 0.2) is 24.3 Å². The van der Waals surface area contributed by atoms with E-state index in [-0.39, 0.29) is 5.91 Å². The summed E-state index contributed by atoms with van der Waals surface area (Å²) in [5.74, 6) is 0.0425. The summed E-state index contributed by atoms with van der Waals surface area (Å²) in [5.41, 5.74) is 2.15. The van der Waals surface area contributed by atoms with Gasteiger partial charge in [-0.25, -0.2) is 0 Å². The summed E-state index contributed by atoms with van der Waals surface area (Å²) >= 11 is 0. The van der Waals surface area contributed by atoms with E-state index in [4.69, 9.17) is 4.74 Å². The lowest BCUT2D eigenvalue weighted by molar-refractivity contribution is -0.119. The highest BCUT2D eigenvalue weighted by Crippen LogP contribution is 2.24. The molecule has 2 atom stereocenters. The molecule has 110 valence electrons. The van der Waals surface area contributed by atoms with Crippen LogP contribution in [0.25, 0.3) is 0 Å². The number of rotatable bonds is 5. The van der Waals surface area contributed by atoms with Crippen LogP contribution in [-0.2, 0) is 16.0 Å². The summed E-state index contributed by atoms with van der Waals surface area (Å²) in [4.78, 5) is 11.3. The molecule has 1 aliphatic carbocycles. The summed E-state index contributed by atoms with van der Waals surface area (Å²) in [6.45, 7) is 0. The van der Waals surface area contributed by atoms with Gasteiger partial charge in [-0.15, -0.1) is 0 Å². The standard InChI is InChI=1S/C16H24N2O2/c1-17-16(19)10-12-6-8-13(9-7-12)18-14-4-3-5-15(11-14)20-2/h6-9,14-15,18H,3-5,10-11H2,1-2H3,(H,17,19). The fourth-order valence-corrected chi connectivity index (χ4v) is 2.72. The average molecular weight is 276 g/mol. The minimum atomic E-state index is 0.0425. The maximum Gasteiger partial charge on any atom is 0.224 e. The van der Waals surface area contributed by atoms with Crippen LogP contribution < -0.4 is 10.6 Å². The summed E-state index contributed by atoms with van der Waals surface area (Å²) in [5, 5.41) is 6.20. The van der Waals surface area contributed by atoms with Crippen LogP contribution in [0.2, 0.25) is 0 Å². The molecule has 2 rings (SSSR count). The van der Waals surface area contributed by atoms with E-state index in [1.54, 1.807) is 14.2 Å². The third kappa shape index (κ3) is 4.23. The van der Waals surface area contributed by atoms with Crippen molar-refractivity contribution in [1.82, 2.24) is 5.32 Å². The molecule has 20 heavy (non-hydrogen) atoms. The Hall–Kier alpha value is -1.55. The number of hydrogen-bond acceptors (Lipinski definition) is 3. The van der Waals surface area contributed by atoms with E-state index in [1.807, 2.05) is 12.1 Å². The first-order valence-corrected chi connectivity index (χ1v) is 7.30. The molecule has 1 aromatic carbocycles. The molecule has 0 spiro atoms. The van der Waals surface area contributed by atoms with Crippen molar-refractivity contribution in [3.05, 3.63) is 29.8 Å². The molecule has 1 saturated carbocycles. The first kappa shape index (κ1) is 14.9. The fraction of sp³-hybridized carbons (Fsp3) is 0.562. The number of benzene rings is 1. The summed E-state index contributed by atoms with van der Waals surface area (Å²) in [6, 6.07) is 8.60. The quantitative estimate of drug-likeness (QED) is 0.868. The van der Waals surface area contributed by atoms with Gasteiger partial charge in [-0.05, 0) is 43.4 Å². The highest BCUT2D eigenvalue weighted by atomic mass is 16.5. The molecule has 4 heteroatoms. The topological polar surface area (TPSA) is 50.4 Å². The molecule has 4 nitrogen and oxygen atoms in total. The van der Waals surface area contributed by atoms with Crippen molar-refractivity contribution in [3.8, 4) is 0 Å². The zero-order chi connectivity index (χ0) is 14.4. The minimum absolute atomic E-state index is 0.0425. The van der Waals surface area contributed by atoms with E-state index >= 15 is 0 Å². The van der Waals surface area contributed by atoms with Crippen molar-refractivity contribution >= 4 is 11.6 Å². The van der Waals surface area contributed by atoms with Crippen LogP contribution in [0.5, 0.6) is 0 Å². The van der Waals surface area contributed by atoms with Crippen molar-refractivity contribution in [2.24, 2.45) is 0 Å². The van der Waals surface area contributed by atoms with Crippen LogP contribution in [0, 0.1) is 0 Å². The lowest BCUT2D eigenvalue weighted by Gasteiger charge is -2.29. The van der Waals surface area contributed by atoms with E-state index in [0.717, 1.165) is 17.7 Å². The number of likely N-dealkylation sites (N-methyl/N-ethyl adjacent to an activating group) is 1. The lowest BCUT2D eigenvalue weighted by Crippen LogP contribution is -2.30. The highest BCUT2D eigenvalue weighted by molar-refractivity contribution is 5.78. The number of hydrogen-bond donors (Lipinski definition) is 2. The monoisotopic (exact) mass is 276 g/mol.